The number of benzene rings is 1. The second-order valence-electron chi connectivity index (χ2n) is 6.17. The van der Waals surface area contributed by atoms with Crippen molar-refractivity contribution in [3.05, 3.63) is 58.7 Å². The predicted molar refractivity (Wildman–Crippen MR) is 99.7 cm³/mol. The van der Waals surface area contributed by atoms with Crippen LogP contribution in [-0.2, 0) is 6.42 Å². The van der Waals surface area contributed by atoms with E-state index in [1.165, 1.54) is 0 Å². The fourth-order valence-corrected chi connectivity index (χ4v) is 2.32. The van der Waals surface area contributed by atoms with Crippen LogP contribution in [0.25, 0.3) is 0 Å². The van der Waals surface area contributed by atoms with E-state index in [1.807, 2.05) is 30.3 Å². The SMILES string of the molecule is CC(C)CCNc1ccc(C(=O)NCCc2ccc(Cl)cc2)cn1. The Morgan fingerprint density at radius 3 is 2.50 bits per heavy atom. The molecule has 2 rings (SSSR count). The van der Waals surface area contributed by atoms with Crippen LogP contribution in [0.2, 0.25) is 5.02 Å². The maximum atomic E-state index is 12.1. The van der Waals surface area contributed by atoms with Gasteiger partial charge in [-0.05, 0) is 48.6 Å². The van der Waals surface area contributed by atoms with Crippen molar-refractivity contribution >= 4 is 23.3 Å². The lowest BCUT2D eigenvalue weighted by atomic mass is 10.1. The van der Waals surface area contributed by atoms with Crippen molar-refractivity contribution in [3.63, 3.8) is 0 Å². The third-order valence-electron chi connectivity index (χ3n) is 3.67. The largest absolute Gasteiger partial charge is 0.370 e. The Kier molecular flexibility index (Phi) is 7.07. The number of nitrogens with one attached hydrogen (secondary N) is 2. The van der Waals surface area contributed by atoms with Crippen molar-refractivity contribution in [2.24, 2.45) is 5.92 Å². The average molecular weight is 346 g/mol. The summed E-state index contributed by atoms with van der Waals surface area (Å²) in [6, 6.07) is 11.3. The van der Waals surface area contributed by atoms with Crippen LogP contribution in [0, 0.1) is 5.92 Å². The molecule has 0 saturated carbocycles. The van der Waals surface area contributed by atoms with E-state index in [-0.39, 0.29) is 5.91 Å². The average Bonchev–Trinajstić information content (AvgIpc) is 2.57. The van der Waals surface area contributed by atoms with Gasteiger partial charge in [-0.2, -0.15) is 0 Å². The summed E-state index contributed by atoms with van der Waals surface area (Å²) in [5.74, 6) is 1.35. The molecule has 0 spiro atoms. The molecule has 0 fully saturated rings. The molecule has 4 nitrogen and oxygen atoms in total. The maximum Gasteiger partial charge on any atom is 0.252 e. The Morgan fingerprint density at radius 1 is 1.12 bits per heavy atom. The number of carbonyl (C=O) groups excluding carboxylic acids is 1. The summed E-state index contributed by atoms with van der Waals surface area (Å²) in [4.78, 5) is 16.4. The van der Waals surface area contributed by atoms with Crippen molar-refractivity contribution in [1.82, 2.24) is 10.3 Å². The number of nitrogens with zero attached hydrogens (tertiary/aromatic N) is 1. The van der Waals surface area contributed by atoms with E-state index in [2.05, 4.69) is 29.5 Å². The minimum absolute atomic E-state index is 0.106. The van der Waals surface area contributed by atoms with E-state index in [0.717, 1.165) is 35.8 Å². The zero-order valence-electron chi connectivity index (χ0n) is 14.2. The highest BCUT2D eigenvalue weighted by atomic mass is 35.5. The molecule has 0 bridgehead atoms. The Morgan fingerprint density at radius 2 is 1.88 bits per heavy atom. The summed E-state index contributed by atoms with van der Waals surface area (Å²) in [6.07, 6.45) is 3.47. The van der Waals surface area contributed by atoms with Gasteiger partial charge in [0, 0.05) is 24.3 Å². The van der Waals surface area contributed by atoms with Crippen LogP contribution < -0.4 is 10.6 Å². The number of hydrogen-bond donors (Lipinski definition) is 2. The van der Waals surface area contributed by atoms with Gasteiger partial charge in [-0.25, -0.2) is 4.98 Å². The molecule has 1 aromatic heterocycles. The summed E-state index contributed by atoms with van der Waals surface area (Å²) in [5.41, 5.74) is 1.71. The van der Waals surface area contributed by atoms with Gasteiger partial charge < -0.3 is 10.6 Å². The Balaban J connectivity index is 1.76. The van der Waals surface area contributed by atoms with Gasteiger partial charge in [0.25, 0.3) is 5.91 Å². The number of halogens is 1. The van der Waals surface area contributed by atoms with E-state index in [4.69, 9.17) is 11.6 Å². The second-order valence-corrected chi connectivity index (χ2v) is 6.61. The molecule has 1 amide bonds. The topological polar surface area (TPSA) is 54.0 Å². The monoisotopic (exact) mass is 345 g/mol. The lowest BCUT2D eigenvalue weighted by Crippen LogP contribution is -2.25. The number of hydrogen-bond acceptors (Lipinski definition) is 3. The van der Waals surface area contributed by atoms with Crippen LogP contribution in [0.5, 0.6) is 0 Å². The molecule has 1 heterocycles. The molecule has 2 N–H and O–H groups in total. The van der Waals surface area contributed by atoms with E-state index >= 15 is 0 Å². The Bertz CT molecular complexity index is 639. The molecule has 0 radical (unpaired) electrons. The van der Waals surface area contributed by atoms with Gasteiger partial charge in [0.15, 0.2) is 0 Å². The zero-order chi connectivity index (χ0) is 17.4. The number of rotatable bonds is 8. The molecule has 5 heteroatoms. The highest BCUT2D eigenvalue weighted by molar-refractivity contribution is 6.30. The predicted octanol–water partition coefficient (Wildman–Crippen LogP) is 4.17. The summed E-state index contributed by atoms with van der Waals surface area (Å²) in [6.45, 7) is 5.84. The zero-order valence-corrected chi connectivity index (χ0v) is 14.9. The first-order valence-corrected chi connectivity index (χ1v) is 8.65. The Hall–Kier alpha value is -2.07. The highest BCUT2D eigenvalue weighted by Gasteiger charge is 2.06. The first kappa shape index (κ1) is 18.3. The van der Waals surface area contributed by atoms with Gasteiger partial charge >= 0.3 is 0 Å². The van der Waals surface area contributed by atoms with Crippen molar-refractivity contribution < 1.29 is 4.79 Å². The molecular weight excluding hydrogens is 322 g/mol. The van der Waals surface area contributed by atoms with Crippen LogP contribution in [0.4, 0.5) is 5.82 Å². The molecule has 0 aliphatic heterocycles. The van der Waals surface area contributed by atoms with Crippen molar-refractivity contribution in [3.8, 4) is 0 Å². The maximum absolute atomic E-state index is 12.1. The van der Waals surface area contributed by atoms with E-state index in [9.17, 15) is 4.79 Å². The molecule has 128 valence electrons. The van der Waals surface area contributed by atoms with Crippen LogP contribution in [-0.4, -0.2) is 24.0 Å². The molecule has 0 unspecified atom stereocenters. The second kappa shape index (κ2) is 9.28. The van der Waals surface area contributed by atoms with E-state index in [1.54, 1.807) is 12.3 Å². The molecule has 0 saturated heterocycles. The Labute approximate surface area is 148 Å². The lowest BCUT2D eigenvalue weighted by molar-refractivity contribution is 0.0954. The molecule has 2 aromatic rings. The quantitative estimate of drug-likeness (QED) is 0.755. The number of amides is 1. The van der Waals surface area contributed by atoms with Crippen molar-refractivity contribution in [2.45, 2.75) is 26.7 Å². The van der Waals surface area contributed by atoms with E-state index < -0.39 is 0 Å². The summed E-state index contributed by atoms with van der Waals surface area (Å²) < 4.78 is 0. The standard InChI is InChI=1S/C19H24ClN3O/c1-14(2)9-11-21-18-8-5-16(13-23-18)19(24)22-12-10-15-3-6-17(20)7-4-15/h3-8,13-14H,9-12H2,1-2H3,(H,21,23)(H,22,24). The van der Waals surface area contributed by atoms with Gasteiger partial charge in [-0.3, -0.25) is 4.79 Å². The molecule has 1 aromatic carbocycles. The summed E-state index contributed by atoms with van der Waals surface area (Å²) >= 11 is 5.85. The first-order valence-electron chi connectivity index (χ1n) is 8.27. The van der Waals surface area contributed by atoms with Gasteiger partial charge in [-0.15, -0.1) is 0 Å². The lowest BCUT2D eigenvalue weighted by Gasteiger charge is -2.09. The van der Waals surface area contributed by atoms with Gasteiger partial charge in [-0.1, -0.05) is 37.6 Å². The normalized spacial score (nSPS) is 10.7. The van der Waals surface area contributed by atoms with Gasteiger partial charge in [0.2, 0.25) is 0 Å². The van der Waals surface area contributed by atoms with Crippen LogP contribution >= 0.6 is 11.6 Å². The highest BCUT2D eigenvalue weighted by Crippen LogP contribution is 2.10. The molecule has 0 atom stereocenters. The van der Waals surface area contributed by atoms with Crippen LogP contribution in [0.15, 0.2) is 42.6 Å². The van der Waals surface area contributed by atoms with Crippen LogP contribution in [0.3, 0.4) is 0 Å². The summed E-state index contributed by atoms with van der Waals surface area (Å²) in [7, 11) is 0. The van der Waals surface area contributed by atoms with Crippen molar-refractivity contribution in [1.29, 1.82) is 0 Å². The minimum Gasteiger partial charge on any atom is -0.370 e. The van der Waals surface area contributed by atoms with Crippen LogP contribution in [0.1, 0.15) is 36.2 Å². The number of aromatic nitrogens is 1. The molecule has 0 aliphatic rings. The molecule has 0 aliphatic carbocycles. The number of anilines is 1. The van der Waals surface area contributed by atoms with Crippen molar-refractivity contribution in [2.75, 3.05) is 18.4 Å². The fraction of sp³-hybridized carbons (Fsp3) is 0.368. The minimum atomic E-state index is -0.106. The summed E-state index contributed by atoms with van der Waals surface area (Å²) in [5, 5.41) is 6.88. The first-order chi connectivity index (χ1) is 11.5. The van der Waals surface area contributed by atoms with E-state index in [0.29, 0.717) is 18.0 Å². The number of pyridine rings is 1. The molecular formula is C19H24ClN3O. The van der Waals surface area contributed by atoms with Gasteiger partial charge in [0.1, 0.15) is 5.82 Å². The number of carbonyl (C=O) groups is 1. The van der Waals surface area contributed by atoms with Gasteiger partial charge in [0.05, 0.1) is 5.56 Å². The molecule has 24 heavy (non-hydrogen) atoms. The smallest absolute Gasteiger partial charge is 0.252 e. The third-order valence-corrected chi connectivity index (χ3v) is 3.92. The third kappa shape index (κ3) is 6.20. The fourth-order valence-electron chi connectivity index (χ4n) is 2.20.